The van der Waals surface area contributed by atoms with Gasteiger partial charge in [-0.1, -0.05) is 19.6 Å². The van der Waals surface area contributed by atoms with Crippen LogP contribution < -0.4 is 5.32 Å². The van der Waals surface area contributed by atoms with Crippen molar-refractivity contribution in [3.8, 4) is 0 Å². The Hall–Kier alpha value is -2.38. The van der Waals surface area contributed by atoms with Gasteiger partial charge in [-0.05, 0) is 62.3 Å². The topological polar surface area (TPSA) is 85.4 Å². The van der Waals surface area contributed by atoms with E-state index in [9.17, 15) is 14.4 Å². The molecular formula is C26H34N2O4S. The Balaban J connectivity index is 1.75. The zero-order valence-corrected chi connectivity index (χ0v) is 20.4. The molecule has 0 spiro atoms. The number of nitrogens with zero attached hydrogens (tertiary/aromatic N) is 1. The highest BCUT2D eigenvalue weighted by molar-refractivity contribution is 7.18. The van der Waals surface area contributed by atoms with Gasteiger partial charge in [0.2, 0.25) is 5.91 Å². The van der Waals surface area contributed by atoms with Crippen molar-refractivity contribution in [2.24, 2.45) is 11.8 Å². The highest BCUT2D eigenvalue weighted by atomic mass is 32.1. The first-order valence-corrected chi connectivity index (χ1v) is 12.6. The number of nitrogens with one attached hydrogen (secondary N) is 1. The van der Waals surface area contributed by atoms with E-state index in [1.54, 1.807) is 11.3 Å². The van der Waals surface area contributed by atoms with E-state index < -0.39 is 5.92 Å². The number of aromatic nitrogens is 1. The minimum Gasteiger partial charge on any atom is -0.381 e. The number of rotatable bonds is 12. The second-order valence-electron chi connectivity index (χ2n) is 8.84. The van der Waals surface area contributed by atoms with Crippen LogP contribution in [-0.2, 0) is 32.0 Å². The Kier molecular flexibility index (Phi) is 9.32. The third-order valence-electron chi connectivity index (χ3n) is 6.32. The van der Waals surface area contributed by atoms with E-state index >= 15 is 0 Å². The van der Waals surface area contributed by atoms with Crippen LogP contribution in [0.1, 0.15) is 56.5 Å². The van der Waals surface area contributed by atoms with Crippen LogP contribution in [0.5, 0.6) is 0 Å². The van der Waals surface area contributed by atoms with Crippen molar-refractivity contribution in [3.05, 3.63) is 41.4 Å². The fourth-order valence-corrected chi connectivity index (χ4v) is 5.49. The first-order valence-electron chi connectivity index (χ1n) is 11.8. The van der Waals surface area contributed by atoms with Crippen molar-refractivity contribution in [3.63, 3.8) is 0 Å². The van der Waals surface area contributed by atoms with E-state index in [-0.39, 0.29) is 35.9 Å². The Labute approximate surface area is 199 Å². The van der Waals surface area contributed by atoms with E-state index in [1.165, 1.54) is 18.6 Å². The summed E-state index contributed by atoms with van der Waals surface area (Å²) in [5.41, 5.74) is 2.18. The van der Waals surface area contributed by atoms with E-state index in [0.717, 1.165) is 34.5 Å². The van der Waals surface area contributed by atoms with Crippen LogP contribution in [0.2, 0.25) is 0 Å². The molecule has 2 atom stereocenters. The van der Waals surface area contributed by atoms with Crippen molar-refractivity contribution in [2.75, 3.05) is 13.2 Å². The van der Waals surface area contributed by atoms with Gasteiger partial charge < -0.3 is 14.8 Å². The molecular weight excluding hydrogens is 436 g/mol. The first kappa shape index (κ1) is 25.2. The second kappa shape index (κ2) is 12.2. The molecule has 1 amide bonds. The number of allylic oxidation sites excluding steroid dienone is 1. The van der Waals surface area contributed by atoms with Gasteiger partial charge in [-0.3, -0.25) is 9.59 Å². The van der Waals surface area contributed by atoms with Gasteiger partial charge in [-0.25, -0.2) is 4.98 Å². The van der Waals surface area contributed by atoms with Crippen LogP contribution in [-0.4, -0.2) is 41.7 Å². The number of fused-ring (bicyclic) bond motifs is 1. The lowest BCUT2D eigenvalue weighted by atomic mass is 9.87. The zero-order chi connectivity index (χ0) is 23.8. The summed E-state index contributed by atoms with van der Waals surface area (Å²) in [6.45, 7) is 8.51. The van der Waals surface area contributed by atoms with Crippen LogP contribution >= 0.6 is 11.3 Å². The van der Waals surface area contributed by atoms with Crippen molar-refractivity contribution in [1.29, 1.82) is 0 Å². The van der Waals surface area contributed by atoms with E-state index in [4.69, 9.17) is 9.72 Å². The summed E-state index contributed by atoms with van der Waals surface area (Å²) in [7, 11) is 0. The lowest BCUT2D eigenvalue weighted by Crippen LogP contribution is -2.45. The molecule has 1 aromatic heterocycles. The van der Waals surface area contributed by atoms with Gasteiger partial charge in [0.05, 0.1) is 21.1 Å². The molecule has 1 aromatic carbocycles. The molecule has 2 aromatic rings. The van der Waals surface area contributed by atoms with E-state index in [0.29, 0.717) is 32.5 Å². The third-order valence-corrected chi connectivity index (χ3v) is 7.36. The van der Waals surface area contributed by atoms with Gasteiger partial charge in [0.1, 0.15) is 5.78 Å². The molecule has 1 saturated heterocycles. The van der Waals surface area contributed by atoms with E-state index in [2.05, 4.69) is 31.0 Å². The fourth-order valence-electron chi connectivity index (χ4n) is 4.38. The Morgan fingerprint density at radius 1 is 1.30 bits per heavy atom. The molecule has 3 rings (SSSR count). The number of hydrogen-bond acceptors (Lipinski definition) is 6. The molecule has 33 heavy (non-hydrogen) atoms. The molecule has 7 heteroatoms. The first-order chi connectivity index (χ1) is 15.9. The number of benzene rings is 1. The molecule has 0 aliphatic carbocycles. The van der Waals surface area contributed by atoms with Gasteiger partial charge in [0, 0.05) is 38.5 Å². The lowest BCUT2D eigenvalue weighted by molar-refractivity contribution is -0.130. The lowest BCUT2D eigenvalue weighted by Gasteiger charge is -2.32. The summed E-state index contributed by atoms with van der Waals surface area (Å²) < 4.78 is 6.58. The number of carbonyl (C=O) groups is 3. The Bertz CT molecular complexity index is 993. The van der Waals surface area contributed by atoms with Gasteiger partial charge in [0.15, 0.2) is 5.78 Å². The smallest absolute Gasteiger partial charge is 0.224 e. The second-order valence-corrected chi connectivity index (χ2v) is 9.96. The number of thiazole rings is 1. The Morgan fingerprint density at radius 3 is 2.73 bits per heavy atom. The summed E-state index contributed by atoms with van der Waals surface area (Å²) in [6, 6.07) is 6.12. The maximum Gasteiger partial charge on any atom is 0.224 e. The average Bonchev–Trinajstić information content (AvgIpc) is 3.22. The number of ether oxygens (including phenoxy) is 1. The zero-order valence-electron chi connectivity index (χ0n) is 19.6. The molecule has 1 aliphatic rings. The van der Waals surface area contributed by atoms with Crippen molar-refractivity contribution in [2.45, 2.75) is 64.8 Å². The van der Waals surface area contributed by atoms with Crippen molar-refractivity contribution < 1.29 is 19.1 Å². The van der Waals surface area contributed by atoms with Crippen LogP contribution in [0.3, 0.4) is 0 Å². The van der Waals surface area contributed by atoms with Crippen molar-refractivity contribution in [1.82, 2.24) is 10.3 Å². The molecule has 6 nitrogen and oxygen atoms in total. The molecule has 1 N–H and O–H groups in total. The van der Waals surface area contributed by atoms with Gasteiger partial charge in [-0.15, -0.1) is 11.3 Å². The highest BCUT2D eigenvalue weighted by Crippen LogP contribution is 2.27. The quantitative estimate of drug-likeness (QED) is 0.464. The van der Waals surface area contributed by atoms with Crippen LogP contribution in [0.25, 0.3) is 10.2 Å². The van der Waals surface area contributed by atoms with Gasteiger partial charge >= 0.3 is 0 Å². The summed E-state index contributed by atoms with van der Waals surface area (Å²) in [5, 5.41) is 4.05. The molecule has 2 heterocycles. The molecule has 0 radical (unpaired) electrons. The van der Waals surface area contributed by atoms with E-state index in [1.807, 2.05) is 6.07 Å². The normalized spacial score (nSPS) is 16.3. The average molecular weight is 471 g/mol. The minimum absolute atomic E-state index is 0.0195. The largest absolute Gasteiger partial charge is 0.381 e. The SMILES string of the molecule is C=CC(=O)CC[C@@H](NC(=O)[C@@H](CC(C)=O)Cc1nc2ccc(CC)cc2s1)C1CCOCC1. The minimum atomic E-state index is -0.480. The maximum atomic E-state index is 13.3. The molecule has 178 valence electrons. The maximum absolute atomic E-state index is 13.3. The molecule has 1 aliphatic heterocycles. The van der Waals surface area contributed by atoms with Gasteiger partial charge in [-0.2, -0.15) is 0 Å². The summed E-state index contributed by atoms with van der Waals surface area (Å²) in [4.78, 5) is 41.9. The molecule has 1 fully saturated rings. The molecule has 0 saturated carbocycles. The number of carbonyl (C=O) groups excluding carboxylic acids is 3. The van der Waals surface area contributed by atoms with Gasteiger partial charge in [0.25, 0.3) is 0 Å². The fraction of sp³-hybridized carbons (Fsp3) is 0.538. The predicted molar refractivity (Wildman–Crippen MR) is 131 cm³/mol. The number of aryl methyl sites for hydroxylation is 1. The number of hydrogen-bond donors (Lipinski definition) is 1. The van der Waals surface area contributed by atoms with Crippen LogP contribution in [0, 0.1) is 11.8 Å². The number of ketones is 2. The van der Waals surface area contributed by atoms with Crippen molar-refractivity contribution >= 4 is 39.0 Å². The summed E-state index contributed by atoms with van der Waals surface area (Å²) in [5.74, 6) is -0.405. The number of Topliss-reactive ketones (excluding diaryl/α,β-unsaturated/α-hetero) is 1. The van der Waals surface area contributed by atoms with Crippen LogP contribution in [0.4, 0.5) is 0 Å². The monoisotopic (exact) mass is 470 g/mol. The summed E-state index contributed by atoms with van der Waals surface area (Å²) in [6.07, 6.45) is 5.51. The Morgan fingerprint density at radius 2 is 2.06 bits per heavy atom. The van der Waals surface area contributed by atoms with Crippen LogP contribution in [0.15, 0.2) is 30.9 Å². The highest BCUT2D eigenvalue weighted by Gasteiger charge is 2.29. The molecule has 0 unspecified atom stereocenters. The standard InChI is InChI=1S/C26H34N2O4S/c1-4-18-6-8-23-24(15-18)33-25(27-23)16-20(14-17(3)29)26(31)28-22(9-7-21(30)5-2)19-10-12-32-13-11-19/h5-6,8,15,19-20,22H,2,4,7,9-14,16H2,1,3H3,(H,28,31)/t20-,22+/m0/s1. The number of amides is 1. The third kappa shape index (κ3) is 7.30. The molecule has 0 bridgehead atoms. The summed E-state index contributed by atoms with van der Waals surface area (Å²) >= 11 is 1.59. The predicted octanol–water partition coefficient (Wildman–Crippen LogP) is 4.44.